The summed E-state index contributed by atoms with van der Waals surface area (Å²) in [4.78, 5) is 12.0. The molecule has 1 aromatic carbocycles. The second kappa shape index (κ2) is 7.90. The van der Waals surface area contributed by atoms with E-state index in [1.807, 2.05) is 6.92 Å². The summed E-state index contributed by atoms with van der Waals surface area (Å²) in [5, 5.41) is 6.74. The van der Waals surface area contributed by atoms with E-state index in [1.165, 1.54) is 18.0 Å². The molecular weight excluding hydrogens is 347 g/mol. The standard InChI is InChI=1S/C18H22F3N3O2/c1-4-10-17(2,16(25)26-3)22-12-13-5-7-14(8-6-13)24-11-9-15(23-24)18(19,20)21/h5-9,11,22H,4,10,12H2,1-3H3/t17-/m1/s1. The smallest absolute Gasteiger partial charge is 0.435 e. The van der Waals surface area contributed by atoms with Crippen LogP contribution >= 0.6 is 0 Å². The first kappa shape index (κ1) is 20.0. The van der Waals surface area contributed by atoms with E-state index in [9.17, 15) is 18.0 Å². The third-order valence-electron chi connectivity index (χ3n) is 4.15. The quantitative estimate of drug-likeness (QED) is 0.756. The van der Waals surface area contributed by atoms with Gasteiger partial charge in [-0.15, -0.1) is 0 Å². The van der Waals surface area contributed by atoms with E-state index in [-0.39, 0.29) is 5.97 Å². The summed E-state index contributed by atoms with van der Waals surface area (Å²) in [7, 11) is 1.35. The summed E-state index contributed by atoms with van der Waals surface area (Å²) >= 11 is 0. The van der Waals surface area contributed by atoms with Gasteiger partial charge in [-0.1, -0.05) is 25.5 Å². The number of methoxy groups -OCH3 is 1. The van der Waals surface area contributed by atoms with Gasteiger partial charge in [0.1, 0.15) is 5.54 Å². The lowest BCUT2D eigenvalue weighted by molar-refractivity contribution is -0.148. The maximum atomic E-state index is 12.6. The molecule has 0 amide bonds. The normalized spacial score (nSPS) is 14.1. The Morgan fingerprint density at radius 3 is 2.38 bits per heavy atom. The molecule has 1 atom stereocenters. The highest BCUT2D eigenvalue weighted by molar-refractivity contribution is 5.80. The van der Waals surface area contributed by atoms with E-state index >= 15 is 0 Å². The van der Waals surface area contributed by atoms with Gasteiger partial charge in [0.15, 0.2) is 5.69 Å². The van der Waals surface area contributed by atoms with Crippen molar-refractivity contribution in [2.24, 2.45) is 0 Å². The van der Waals surface area contributed by atoms with Gasteiger partial charge in [0.2, 0.25) is 0 Å². The molecule has 2 aromatic rings. The first-order valence-corrected chi connectivity index (χ1v) is 8.25. The van der Waals surface area contributed by atoms with Gasteiger partial charge < -0.3 is 4.74 Å². The Hall–Kier alpha value is -2.35. The number of halogens is 3. The van der Waals surface area contributed by atoms with Gasteiger partial charge in [-0.25, -0.2) is 4.68 Å². The molecule has 5 nitrogen and oxygen atoms in total. The fourth-order valence-electron chi connectivity index (χ4n) is 2.67. The minimum Gasteiger partial charge on any atom is -0.468 e. The zero-order valence-electron chi connectivity index (χ0n) is 14.9. The van der Waals surface area contributed by atoms with Crippen molar-refractivity contribution in [2.75, 3.05) is 7.11 Å². The minimum atomic E-state index is -4.47. The van der Waals surface area contributed by atoms with E-state index in [1.54, 1.807) is 31.2 Å². The van der Waals surface area contributed by atoms with Crippen molar-refractivity contribution in [2.45, 2.75) is 44.9 Å². The van der Waals surface area contributed by atoms with Gasteiger partial charge in [0.25, 0.3) is 0 Å². The van der Waals surface area contributed by atoms with Crippen LogP contribution < -0.4 is 5.32 Å². The summed E-state index contributed by atoms with van der Waals surface area (Å²) in [5.74, 6) is -0.327. The highest BCUT2D eigenvalue weighted by atomic mass is 19.4. The molecule has 0 saturated carbocycles. The lowest BCUT2D eigenvalue weighted by atomic mass is 9.96. The Kier molecular flexibility index (Phi) is 6.07. The maximum absolute atomic E-state index is 12.6. The number of ether oxygens (including phenoxy) is 1. The number of carbonyl (C=O) groups is 1. The number of nitrogens with one attached hydrogen (secondary N) is 1. The summed E-state index contributed by atoms with van der Waals surface area (Å²) < 4.78 is 43.9. The average Bonchev–Trinajstić information content (AvgIpc) is 3.10. The molecule has 0 aliphatic carbocycles. The second-order valence-electron chi connectivity index (χ2n) is 6.24. The predicted molar refractivity (Wildman–Crippen MR) is 90.7 cm³/mol. The fourth-order valence-corrected chi connectivity index (χ4v) is 2.67. The molecule has 142 valence electrons. The van der Waals surface area contributed by atoms with Crippen LogP contribution in [-0.2, 0) is 22.3 Å². The van der Waals surface area contributed by atoms with Crippen molar-refractivity contribution in [3.8, 4) is 5.69 Å². The minimum absolute atomic E-state index is 0.327. The van der Waals surface area contributed by atoms with E-state index < -0.39 is 17.4 Å². The summed E-state index contributed by atoms with van der Waals surface area (Å²) in [6, 6.07) is 7.85. The SMILES string of the molecule is CCC[C@@](C)(NCc1ccc(-n2ccc(C(F)(F)F)n2)cc1)C(=O)OC. The van der Waals surface area contributed by atoms with Gasteiger partial charge >= 0.3 is 12.1 Å². The summed E-state index contributed by atoms with van der Waals surface area (Å²) in [6.07, 6.45) is -1.75. The zero-order chi connectivity index (χ0) is 19.4. The highest BCUT2D eigenvalue weighted by Gasteiger charge is 2.34. The molecule has 26 heavy (non-hydrogen) atoms. The van der Waals surface area contributed by atoms with Gasteiger partial charge in [0.05, 0.1) is 12.8 Å². The molecule has 0 spiro atoms. The number of aromatic nitrogens is 2. The van der Waals surface area contributed by atoms with Crippen LogP contribution in [0.1, 0.15) is 37.9 Å². The van der Waals surface area contributed by atoms with Crippen LogP contribution in [0.2, 0.25) is 0 Å². The molecule has 1 aromatic heterocycles. The van der Waals surface area contributed by atoms with Crippen LogP contribution in [-0.4, -0.2) is 28.4 Å². The third kappa shape index (κ3) is 4.63. The number of esters is 1. The molecule has 0 unspecified atom stereocenters. The number of rotatable bonds is 7. The number of nitrogens with zero attached hydrogens (tertiary/aromatic N) is 2. The Morgan fingerprint density at radius 2 is 1.88 bits per heavy atom. The molecule has 1 N–H and O–H groups in total. The van der Waals surface area contributed by atoms with E-state index in [4.69, 9.17) is 4.74 Å². The predicted octanol–water partition coefficient (Wildman–Crippen LogP) is 3.71. The zero-order valence-corrected chi connectivity index (χ0v) is 14.9. The highest BCUT2D eigenvalue weighted by Crippen LogP contribution is 2.27. The van der Waals surface area contributed by atoms with Crippen molar-refractivity contribution >= 4 is 5.97 Å². The molecule has 2 rings (SSSR count). The van der Waals surface area contributed by atoms with Crippen LogP contribution in [0, 0.1) is 0 Å². The molecule has 0 bridgehead atoms. The van der Waals surface area contributed by atoms with Crippen LogP contribution in [0.25, 0.3) is 5.69 Å². The molecule has 0 fully saturated rings. The van der Waals surface area contributed by atoms with Crippen LogP contribution in [0.15, 0.2) is 36.5 Å². The molecule has 0 radical (unpaired) electrons. The van der Waals surface area contributed by atoms with Crippen LogP contribution in [0.4, 0.5) is 13.2 Å². The van der Waals surface area contributed by atoms with Crippen molar-refractivity contribution in [3.05, 3.63) is 47.8 Å². The summed E-state index contributed by atoms with van der Waals surface area (Å²) in [5.41, 5.74) is -0.306. The first-order valence-electron chi connectivity index (χ1n) is 8.25. The molecular formula is C18H22F3N3O2. The van der Waals surface area contributed by atoms with Gasteiger partial charge in [-0.2, -0.15) is 18.3 Å². The number of hydrogen-bond acceptors (Lipinski definition) is 4. The van der Waals surface area contributed by atoms with E-state index in [0.717, 1.165) is 18.1 Å². The van der Waals surface area contributed by atoms with Gasteiger partial charge in [-0.3, -0.25) is 10.1 Å². The monoisotopic (exact) mass is 369 g/mol. The number of alkyl halides is 3. The topological polar surface area (TPSA) is 56.2 Å². The number of hydrogen-bond donors (Lipinski definition) is 1. The Morgan fingerprint density at radius 1 is 1.23 bits per heavy atom. The van der Waals surface area contributed by atoms with Crippen LogP contribution in [0.5, 0.6) is 0 Å². The first-order chi connectivity index (χ1) is 12.2. The van der Waals surface area contributed by atoms with Gasteiger partial charge in [-0.05, 0) is 37.1 Å². The fraction of sp³-hybridized carbons (Fsp3) is 0.444. The van der Waals surface area contributed by atoms with Crippen molar-refractivity contribution in [3.63, 3.8) is 0 Å². The van der Waals surface area contributed by atoms with Crippen LogP contribution in [0.3, 0.4) is 0 Å². The Bertz CT molecular complexity index is 741. The van der Waals surface area contributed by atoms with Gasteiger partial charge in [0, 0.05) is 12.7 Å². The Balaban J connectivity index is 2.07. The lowest BCUT2D eigenvalue weighted by Crippen LogP contribution is -2.49. The summed E-state index contributed by atoms with van der Waals surface area (Å²) in [6.45, 7) is 4.20. The molecule has 8 heteroatoms. The maximum Gasteiger partial charge on any atom is 0.435 e. The lowest BCUT2D eigenvalue weighted by Gasteiger charge is -2.27. The van der Waals surface area contributed by atoms with Crippen molar-refractivity contribution in [1.29, 1.82) is 0 Å². The largest absolute Gasteiger partial charge is 0.468 e. The second-order valence-corrected chi connectivity index (χ2v) is 6.24. The Labute approximate surface area is 150 Å². The third-order valence-corrected chi connectivity index (χ3v) is 4.15. The van der Waals surface area contributed by atoms with Crippen molar-refractivity contribution in [1.82, 2.24) is 15.1 Å². The average molecular weight is 369 g/mol. The van der Waals surface area contributed by atoms with E-state index in [2.05, 4.69) is 10.4 Å². The molecule has 0 aliphatic rings. The molecule has 0 saturated heterocycles. The van der Waals surface area contributed by atoms with Crippen molar-refractivity contribution < 1.29 is 22.7 Å². The number of benzene rings is 1. The van der Waals surface area contributed by atoms with E-state index in [0.29, 0.717) is 18.7 Å². The number of carbonyl (C=O) groups excluding carboxylic acids is 1. The molecule has 1 heterocycles. The molecule has 0 aliphatic heterocycles.